The Morgan fingerprint density at radius 3 is 2.63 bits per heavy atom. The lowest BCUT2D eigenvalue weighted by Gasteiger charge is -2.05. The van der Waals surface area contributed by atoms with Crippen LogP contribution in [0.5, 0.6) is 0 Å². The minimum Gasteiger partial charge on any atom is -0.322 e. The standard InChI is InChI=1S/C15H9ClFNO/c16-11-3-4-12(13(17)8-11)9-1-5-14-10(7-9)2-6-15(19)18-14/h1-8H,(H,18,19). The summed E-state index contributed by atoms with van der Waals surface area (Å²) in [5, 5.41) is 1.22. The third-order valence-electron chi connectivity index (χ3n) is 2.97. The lowest BCUT2D eigenvalue weighted by molar-refractivity contribution is 0.631. The molecule has 0 aliphatic rings. The van der Waals surface area contributed by atoms with Crippen LogP contribution in [0.1, 0.15) is 0 Å². The lowest BCUT2D eigenvalue weighted by atomic mass is 10.0. The molecule has 1 aromatic heterocycles. The van der Waals surface area contributed by atoms with Crippen molar-refractivity contribution in [2.45, 2.75) is 0 Å². The molecule has 0 radical (unpaired) electrons. The number of aromatic nitrogens is 1. The third kappa shape index (κ3) is 2.25. The van der Waals surface area contributed by atoms with E-state index in [1.54, 1.807) is 30.3 Å². The molecular formula is C15H9ClFNO. The molecule has 1 N–H and O–H groups in total. The molecule has 0 amide bonds. The van der Waals surface area contributed by atoms with E-state index < -0.39 is 0 Å². The van der Waals surface area contributed by atoms with Crippen molar-refractivity contribution >= 4 is 22.5 Å². The first-order valence-electron chi connectivity index (χ1n) is 5.72. The van der Waals surface area contributed by atoms with Crippen molar-refractivity contribution in [1.82, 2.24) is 4.98 Å². The fourth-order valence-electron chi connectivity index (χ4n) is 2.05. The van der Waals surface area contributed by atoms with Gasteiger partial charge in [0.2, 0.25) is 5.56 Å². The molecule has 3 rings (SSSR count). The van der Waals surface area contributed by atoms with Gasteiger partial charge in [-0.1, -0.05) is 17.7 Å². The molecule has 0 saturated heterocycles. The van der Waals surface area contributed by atoms with Crippen LogP contribution in [0.4, 0.5) is 4.39 Å². The second-order valence-corrected chi connectivity index (χ2v) is 4.69. The number of fused-ring (bicyclic) bond motifs is 1. The minimum absolute atomic E-state index is 0.155. The Morgan fingerprint density at radius 2 is 1.84 bits per heavy atom. The summed E-state index contributed by atoms with van der Waals surface area (Å²) in [6.07, 6.45) is 0. The van der Waals surface area contributed by atoms with E-state index in [1.807, 2.05) is 6.07 Å². The second kappa shape index (κ2) is 4.52. The van der Waals surface area contributed by atoms with Crippen molar-refractivity contribution in [1.29, 1.82) is 0 Å². The number of hydrogen-bond donors (Lipinski definition) is 1. The molecule has 0 bridgehead atoms. The fourth-order valence-corrected chi connectivity index (χ4v) is 2.20. The average Bonchev–Trinajstić information content (AvgIpc) is 2.38. The summed E-state index contributed by atoms with van der Waals surface area (Å²) in [5.74, 6) is -0.365. The monoisotopic (exact) mass is 273 g/mol. The quantitative estimate of drug-likeness (QED) is 0.714. The van der Waals surface area contributed by atoms with Gasteiger partial charge < -0.3 is 4.98 Å². The van der Waals surface area contributed by atoms with Crippen LogP contribution in [0, 0.1) is 5.82 Å². The van der Waals surface area contributed by atoms with Gasteiger partial charge in [0, 0.05) is 22.2 Å². The second-order valence-electron chi connectivity index (χ2n) is 4.25. The molecule has 19 heavy (non-hydrogen) atoms. The van der Waals surface area contributed by atoms with Crippen molar-refractivity contribution in [2.24, 2.45) is 0 Å². The smallest absolute Gasteiger partial charge is 0.248 e. The van der Waals surface area contributed by atoms with Gasteiger partial charge in [-0.25, -0.2) is 4.39 Å². The summed E-state index contributed by atoms with van der Waals surface area (Å²) in [5.41, 5.74) is 1.80. The van der Waals surface area contributed by atoms with E-state index in [0.717, 1.165) is 16.5 Å². The molecule has 1 heterocycles. The SMILES string of the molecule is O=c1ccc2cc(-c3ccc(Cl)cc3F)ccc2[nH]1. The number of pyridine rings is 1. The van der Waals surface area contributed by atoms with E-state index in [2.05, 4.69) is 4.98 Å². The summed E-state index contributed by atoms with van der Waals surface area (Å²) in [7, 11) is 0. The third-order valence-corrected chi connectivity index (χ3v) is 3.20. The lowest BCUT2D eigenvalue weighted by Crippen LogP contribution is -2.02. The zero-order chi connectivity index (χ0) is 13.4. The molecule has 0 unspecified atom stereocenters. The molecule has 94 valence electrons. The molecule has 0 aliphatic heterocycles. The topological polar surface area (TPSA) is 32.9 Å². The van der Waals surface area contributed by atoms with Crippen LogP contribution in [-0.4, -0.2) is 4.98 Å². The number of halogens is 2. The van der Waals surface area contributed by atoms with Crippen molar-refractivity contribution in [3.8, 4) is 11.1 Å². The van der Waals surface area contributed by atoms with Gasteiger partial charge in [0.15, 0.2) is 0 Å². The van der Waals surface area contributed by atoms with Gasteiger partial charge in [0.05, 0.1) is 0 Å². The minimum atomic E-state index is -0.365. The van der Waals surface area contributed by atoms with Crippen molar-refractivity contribution in [3.63, 3.8) is 0 Å². The van der Waals surface area contributed by atoms with Crippen LogP contribution < -0.4 is 5.56 Å². The van der Waals surface area contributed by atoms with E-state index in [4.69, 9.17) is 11.6 Å². The number of aromatic amines is 1. The average molecular weight is 274 g/mol. The van der Waals surface area contributed by atoms with E-state index in [0.29, 0.717) is 10.6 Å². The molecule has 2 nitrogen and oxygen atoms in total. The molecule has 3 aromatic rings. The fraction of sp³-hybridized carbons (Fsp3) is 0. The van der Waals surface area contributed by atoms with Crippen molar-refractivity contribution < 1.29 is 4.39 Å². The Morgan fingerprint density at radius 1 is 1.00 bits per heavy atom. The Hall–Kier alpha value is -2.13. The van der Waals surface area contributed by atoms with Crippen LogP contribution >= 0.6 is 11.6 Å². The Labute approximate surface area is 113 Å². The van der Waals surface area contributed by atoms with Gasteiger partial charge in [0.25, 0.3) is 0 Å². The molecule has 0 fully saturated rings. The highest BCUT2D eigenvalue weighted by Crippen LogP contribution is 2.27. The largest absolute Gasteiger partial charge is 0.322 e. The highest BCUT2D eigenvalue weighted by molar-refractivity contribution is 6.30. The van der Waals surface area contributed by atoms with Crippen LogP contribution in [0.2, 0.25) is 5.02 Å². The number of H-pyrrole nitrogens is 1. The maximum atomic E-state index is 13.9. The zero-order valence-electron chi connectivity index (χ0n) is 9.78. The highest BCUT2D eigenvalue weighted by Gasteiger charge is 2.06. The van der Waals surface area contributed by atoms with Gasteiger partial charge >= 0.3 is 0 Å². The van der Waals surface area contributed by atoms with Gasteiger partial charge in [-0.3, -0.25) is 4.79 Å². The summed E-state index contributed by atoms with van der Waals surface area (Å²) < 4.78 is 13.9. The molecule has 2 aromatic carbocycles. The van der Waals surface area contributed by atoms with E-state index in [-0.39, 0.29) is 11.4 Å². The maximum Gasteiger partial charge on any atom is 0.248 e. The molecule has 0 saturated carbocycles. The Balaban J connectivity index is 2.20. The molecule has 0 atom stereocenters. The first-order valence-corrected chi connectivity index (χ1v) is 6.10. The van der Waals surface area contributed by atoms with Gasteiger partial charge in [0.1, 0.15) is 5.82 Å². The van der Waals surface area contributed by atoms with E-state index in [9.17, 15) is 9.18 Å². The number of hydrogen-bond acceptors (Lipinski definition) is 1. The highest BCUT2D eigenvalue weighted by atomic mass is 35.5. The predicted molar refractivity (Wildman–Crippen MR) is 75.0 cm³/mol. The Bertz CT molecular complexity index is 826. The summed E-state index contributed by atoms with van der Waals surface area (Å²) in [6, 6.07) is 13.1. The molecule has 4 heteroatoms. The Kier molecular flexibility index (Phi) is 2.84. The first kappa shape index (κ1) is 11.9. The van der Waals surface area contributed by atoms with E-state index in [1.165, 1.54) is 12.1 Å². The zero-order valence-corrected chi connectivity index (χ0v) is 10.5. The van der Waals surface area contributed by atoms with Crippen LogP contribution in [0.25, 0.3) is 22.0 Å². The molecule has 0 aliphatic carbocycles. The van der Waals surface area contributed by atoms with Crippen LogP contribution in [-0.2, 0) is 0 Å². The van der Waals surface area contributed by atoms with Crippen molar-refractivity contribution in [2.75, 3.05) is 0 Å². The van der Waals surface area contributed by atoms with Gasteiger partial charge in [-0.15, -0.1) is 0 Å². The normalized spacial score (nSPS) is 10.8. The number of rotatable bonds is 1. The summed E-state index contributed by atoms with van der Waals surface area (Å²) in [4.78, 5) is 13.9. The van der Waals surface area contributed by atoms with Gasteiger partial charge in [-0.2, -0.15) is 0 Å². The van der Waals surface area contributed by atoms with Crippen LogP contribution in [0.15, 0.2) is 53.3 Å². The summed E-state index contributed by atoms with van der Waals surface area (Å²) >= 11 is 5.74. The van der Waals surface area contributed by atoms with Crippen molar-refractivity contribution in [3.05, 3.63) is 69.7 Å². The number of benzene rings is 2. The molecule has 0 spiro atoms. The first-order chi connectivity index (χ1) is 9.13. The predicted octanol–water partition coefficient (Wildman–Crippen LogP) is 3.99. The number of nitrogens with one attached hydrogen (secondary N) is 1. The molecular weight excluding hydrogens is 265 g/mol. The van der Waals surface area contributed by atoms with E-state index >= 15 is 0 Å². The summed E-state index contributed by atoms with van der Waals surface area (Å²) in [6.45, 7) is 0. The maximum absolute atomic E-state index is 13.9. The van der Waals surface area contributed by atoms with Gasteiger partial charge in [-0.05, 0) is 47.3 Å². The van der Waals surface area contributed by atoms with Crippen LogP contribution in [0.3, 0.4) is 0 Å².